The van der Waals surface area contributed by atoms with E-state index in [4.69, 9.17) is 4.74 Å². The summed E-state index contributed by atoms with van der Waals surface area (Å²) >= 11 is 0. The zero-order valence-corrected chi connectivity index (χ0v) is 22.8. The van der Waals surface area contributed by atoms with Crippen LogP contribution in [0.2, 0.25) is 0 Å². The van der Waals surface area contributed by atoms with Gasteiger partial charge in [-0.25, -0.2) is 0 Å². The molecule has 5 aliphatic carbocycles. The Bertz CT molecular complexity index is 884. The van der Waals surface area contributed by atoms with Gasteiger partial charge in [0.1, 0.15) is 0 Å². The number of carbonyl (C=O) groups excluding carboxylic acids is 3. The Kier molecular flexibility index (Phi) is 6.47. The molecule has 0 spiro atoms. The minimum atomic E-state index is -1.12. The monoisotopic (exact) mass is 468 g/mol. The molecule has 0 aromatic rings. The summed E-state index contributed by atoms with van der Waals surface area (Å²) in [7, 11) is 1.43. The summed E-state index contributed by atoms with van der Waals surface area (Å²) in [5.41, 5.74) is -0.429. The summed E-state index contributed by atoms with van der Waals surface area (Å²) in [6, 6.07) is 0. The third-order valence-corrected chi connectivity index (χ3v) is 10.4. The molecule has 0 amide bonds. The molecule has 7 heteroatoms. The van der Waals surface area contributed by atoms with Crippen molar-refractivity contribution in [1.29, 1.82) is 0 Å². The maximum atomic E-state index is 13.0. The molecular formula is C25H33KO6. The van der Waals surface area contributed by atoms with Gasteiger partial charge in [0.15, 0.2) is 5.78 Å². The van der Waals surface area contributed by atoms with Crippen molar-refractivity contribution in [2.45, 2.75) is 70.8 Å². The number of carboxylic acid groups (broad SMARTS) is 1. The van der Waals surface area contributed by atoms with Gasteiger partial charge in [-0.05, 0) is 86.0 Å². The van der Waals surface area contributed by atoms with Gasteiger partial charge in [-0.15, -0.1) is 0 Å². The summed E-state index contributed by atoms with van der Waals surface area (Å²) in [4.78, 5) is 36.4. The van der Waals surface area contributed by atoms with Crippen LogP contribution in [0, 0.1) is 46.3 Å². The number of ketones is 1. The van der Waals surface area contributed by atoms with Crippen LogP contribution < -0.4 is 56.5 Å². The van der Waals surface area contributed by atoms with E-state index < -0.39 is 17.0 Å². The number of fused-ring (bicyclic) bond motifs is 7. The van der Waals surface area contributed by atoms with Crippen LogP contribution in [-0.2, 0) is 19.1 Å². The second-order valence-corrected chi connectivity index (χ2v) is 11.4. The molecule has 0 saturated heterocycles. The van der Waals surface area contributed by atoms with Gasteiger partial charge < -0.3 is 19.7 Å². The number of carbonyl (C=O) groups is 3. The van der Waals surface area contributed by atoms with E-state index in [1.807, 2.05) is 0 Å². The Morgan fingerprint density at radius 2 is 1.97 bits per heavy atom. The van der Waals surface area contributed by atoms with Crippen LogP contribution in [-0.4, -0.2) is 35.5 Å². The Labute approximate surface area is 232 Å². The zero-order chi connectivity index (χ0) is 22.3. The Hall–Kier alpha value is -0.0536. The summed E-state index contributed by atoms with van der Waals surface area (Å²) < 4.78 is 5.24. The molecule has 4 saturated carbocycles. The van der Waals surface area contributed by atoms with Crippen LogP contribution in [0.3, 0.4) is 0 Å². The summed E-state index contributed by atoms with van der Waals surface area (Å²) in [6.07, 6.45) is 6.39. The predicted molar refractivity (Wildman–Crippen MR) is 109 cm³/mol. The van der Waals surface area contributed by atoms with Crippen LogP contribution in [0.4, 0.5) is 0 Å². The third kappa shape index (κ3) is 3.32. The first-order valence-electron chi connectivity index (χ1n) is 11.8. The van der Waals surface area contributed by atoms with Gasteiger partial charge in [-0.3, -0.25) is 9.59 Å². The molecule has 32 heavy (non-hydrogen) atoms. The number of ether oxygens (including phenoxy) is 1. The molecule has 9 atom stereocenters. The maximum absolute atomic E-state index is 13.0. The van der Waals surface area contributed by atoms with Crippen molar-refractivity contribution in [1.82, 2.24) is 0 Å². The van der Waals surface area contributed by atoms with E-state index in [-0.39, 0.29) is 111 Å². The average Bonchev–Trinajstić information content (AvgIpc) is 3.48. The average molecular weight is 469 g/mol. The number of rotatable bonds is 4. The molecule has 170 valence electrons. The van der Waals surface area contributed by atoms with Crippen LogP contribution in [0.15, 0.2) is 11.6 Å². The van der Waals surface area contributed by atoms with E-state index in [9.17, 15) is 24.6 Å². The predicted octanol–water partition coefficient (Wildman–Crippen LogP) is -0.961. The number of methoxy groups -OCH3 is 1. The molecule has 0 bridgehead atoms. The Morgan fingerprint density at radius 1 is 1.25 bits per heavy atom. The van der Waals surface area contributed by atoms with Crippen LogP contribution in [0.1, 0.15) is 65.2 Å². The third-order valence-electron chi connectivity index (χ3n) is 10.4. The van der Waals surface area contributed by atoms with Gasteiger partial charge >= 0.3 is 57.4 Å². The standard InChI is InChI=1S/C25H34O6.K/c1-23-7-4-14(26)10-13(23)11-16(22(29)31-3)20-17(23)5-8-24(2)21(20)15-12-18(15)25(24,30)9-6-19(27)28;/h10,15-18,20-21,30H,4-9,11-12H2,1-3H3,(H,27,28);/q;+1/p-1/t15-,16-,17?,18+,20?,21?,23+,24+,25+;/m1./s1. The smallest absolute Gasteiger partial charge is 0.550 e. The van der Waals surface area contributed by atoms with Crippen molar-refractivity contribution in [3.63, 3.8) is 0 Å². The topological polar surface area (TPSA) is 104 Å². The molecule has 5 aliphatic rings. The van der Waals surface area contributed by atoms with Gasteiger partial charge in [-0.1, -0.05) is 19.4 Å². The van der Waals surface area contributed by atoms with Crippen molar-refractivity contribution in [2.24, 2.45) is 46.3 Å². The van der Waals surface area contributed by atoms with E-state index in [2.05, 4.69) is 13.8 Å². The first kappa shape index (κ1) is 25.1. The van der Waals surface area contributed by atoms with Gasteiger partial charge in [0.25, 0.3) is 0 Å². The molecule has 3 unspecified atom stereocenters. The fourth-order valence-electron chi connectivity index (χ4n) is 8.83. The second-order valence-electron chi connectivity index (χ2n) is 11.4. The molecule has 5 rings (SSSR count). The molecule has 0 aromatic carbocycles. The minimum Gasteiger partial charge on any atom is -0.550 e. The Balaban J connectivity index is 0.00000245. The number of carboxylic acids is 1. The van der Waals surface area contributed by atoms with Crippen LogP contribution >= 0.6 is 0 Å². The molecule has 0 heterocycles. The van der Waals surface area contributed by atoms with E-state index in [1.165, 1.54) is 7.11 Å². The van der Waals surface area contributed by atoms with E-state index in [0.717, 1.165) is 31.3 Å². The molecule has 0 aromatic heterocycles. The summed E-state index contributed by atoms with van der Waals surface area (Å²) in [5, 5.41) is 23.0. The van der Waals surface area contributed by atoms with E-state index >= 15 is 0 Å². The fourth-order valence-corrected chi connectivity index (χ4v) is 8.83. The molecular weight excluding hydrogens is 435 g/mol. The normalized spacial score (nSPS) is 48.2. The number of hydrogen-bond acceptors (Lipinski definition) is 6. The maximum Gasteiger partial charge on any atom is 1.00 e. The fraction of sp³-hybridized carbons (Fsp3) is 0.800. The largest absolute Gasteiger partial charge is 1.00 e. The van der Waals surface area contributed by atoms with Crippen molar-refractivity contribution >= 4 is 17.7 Å². The van der Waals surface area contributed by atoms with Gasteiger partial charge in [0, 0.05) is 17.8 Å². The van der Waals surface area contributed by atoms with Crippen molar-refractivity contribution in [2.75, 3.05) is 7.11 Å². The number of allylic oxidation sites excluding steroid dienone is 1. The van der Waals surface area contributed by atoms with Crippen LogP contribution in [0.25, 0.3) is 0 Å². The minimum absolute atomic E-state index is 0. The van der Waals surface area contributed by atoms with Crippen molar-refractivity contribution in [3.05, 3.63) is 11.6 Å². The number of aliphatic carboxylic acids is 1. The second kappa shape index (κ2) is 8.27. The van der Waals surface area contributed by atoms with Crippen LogP contribution in [0.5, 0.6) is 0 Å². The van der Waals surface area contributed by atoms with Gasteiger partial charge in [0.05, 0.1) is 18.6 Å². The molecule has 0 radical (unpaired) electrons. The molecule has 4 fully saturated rings. The summed E-state index contributed by atoms with van der Waals surface area (Å²) in [6.45, 7) is 4.39. The zero-order valence-electron chi connectivity index (χ0n) is 19.7. The van der Waals surface area contributed by atoms with Crippen molar-refractivity contribution < 1.29 is 80.7 Å². The van der Waals surface area contributed by atoms with Crippen molar-refractivity contribution in [3.8, 4) is 0 Å². The number of esters is 1. The molecule has 0 aliphatic heterocycles. The van der Waals surface area contributed by atoms with Gasteiger partial charge in [0.2, 0.25) is 0 Å². The van der Waals surface area contributed by atoms with E-state index in [0.29, 0.717) is 18.8 Å². The molecule has 6 nitrogen and oxygen atoms in total. The summed E-state index contributed by atoms with van der Waals surface area (Å²) in [5.74, 6) is -0.533. The molecule has 1 N–H and O–H groups in total. The first-order valence-corrected chi connectivity index (χ1v) is 11.8. The number of hydrogen-bond donors (Lipinski definition) is 1. The SMILES string of the molecule is COC(=O)[C@@H]1CC2=CC(=O)CC[C@]2(C)C2CC[C@@]3(C)C(C21)[C@@H]1C[C@@H]1[C@@]3(O)CCC(=O)[O-].[K+]. The quantitative estimate of drug-likeness (QED) is 0.421. The number of aliphatic hydroxyl groups is 1. The van der Waals surface area contributed by atoms with E-state index in [1.54, 1.807) is 6.08 Å². The first-order chi connectivity index (χ1) is 14.6. The van der Waals surface area contributed by atoms with Gasteiger partial charge in [-0.2, -0.15) is 0 Å². The Morgan fingerprint density at radius 3 is 2.62 bits per heavy atom.